The van der Waals surface area contributed by atoms with Crippen molar-refractivity contribution in [2.75, 3.05) is 6.61 Å². The van der Waals surface area contributed by atoms with Gasteiger partial charge in [-0.25, -0.2) is 0 Å². The van der Waals surface area contributed by atoms with Crippen LogP contribution in [0.1, 0.15) is 106 Å². The number of rotatable bonds is 8. The summed E-state index contributed by atoms with van der Waals surface area (Å²) in [4.78, 5) is 12.9. The molecule has 0 bridgehead atoms. The lowest BCUT2D eigenvalue weighted by molar-refractivity contribution is -0.285. The van der Waals surface area contributed by atoms with Gasteiger partial charge in [-0.05, 0) is 103 Å². The van der Waals surface area contributed by atoms with Crippen molar-refractivity contribution in [3.05, 3.63) is 23.3 Å². The minimum Gasteiger partial charge on any atom is -0.481 e. The highest BCUT2D eigenvalue weighted by Crippen LogP contribution is 2.73. The van der Waals surface area contributed by atoms with Crippen molar-refractivity contribution in [3.8, 4) is 0 Å². The van der Waals surface area contributed by atoms with Crippen LogP contribution in [-0.2, 0) is 14.3 Å². The highest BCUT2D eigenvalue weighted by atomic mass is 16.7. The Morgan fingerprint density at radius 2 is 1.70 bits per heavy atom. The maximum Gasteiger partial charge on any atom is 0.306 e. The van der Waals surface area contributed by atoms with Gasteiger partial charge >= 0.3 is 5.97 Å². The van der Waals surface area contributed by atoms with Crippen molar-refractivity contribution in [1.82, 2.24) is 0 Å². The zero-order valence-corrected chi connectivity index (χ0v) is 28.0. The molecular formula is C36H58O8. The van der Waals surface area contributed by atoms with E-state index in [9.17, 15) is 30.3 Å². The van der Waals surface area contributed by atoms with E-state index in [1.807, 2.05) is 0 Å². The molecule has 3 fully saturated rings. The van der Waals surface area contributed by atoms with Gasteiger partial charge in [0.15, 0.2) is 6.29 Å². The number of allylic oxidation sites excluding steroid dienone is 2. The molecule has 0 spiro atoms. The standard InChI is InChI=1S/C36H58O8/c1-19(2)20(3)9-10-21(31(41)42)22-11-16-36(8)28-23(12-15-35(22,36)7)34(6)14-13-27(38)33(4,5)26(34)17-25(28)44-32-30(40)29(39)24(37)18-43-32/h19,21-22,24-27,29-30,32,37-40H,3,9-18H2,1-2,4-8H3,(H,41,42)/t21-,22-,24-,25-,26-,27+,29+,30+,32-,34-,35-,36+/m1/s1. The highest BCUT2D eigenvalue weighted by molar-refractivity contribution is 5.71. The zero-order chi connectivity index (χ0) is 32.6. The SMILES string of the molecule is C=C(CC[C@@H](C(=O)O)[C@H]1CC[C@@]2(C)C3=C(CC[C@]12C)[C@@]1(C)CC[C@H](O)C(C)(C)[C@H]1C[C@H]3O[C@H]1OC[C@@H](O)[C@H](O)[C@@H]1O)C(C)C. The third-order valence-corrected chi connectivity index (χ3v) is 13.9. The summed E-state index contributed by atoms with van der Waals surface area (Å²) in [7, 11) is 0. The Hall–Kier alpha value is -1.29. The molecule has 12 atom stereocenters. The number of aliphatic carboxylic acids is 1. The minimum absolute atomic E-state index is 0.00306. The summed E-state index contributed by atoms with van der Waals surface area (Å²) in [6.07, 6.45) is 1.03. The minimum atomic E-state index is -1.40. The van der Waals surface area contributed by atoms with Crippen molar-refractivity contribution in [1.29, 1.82) is 0 Å². The van der Waals surface area contributed by atoms with Crippen LogP contribution < -0.4 is 0 Å². The van der Waals surface area contributed by atoms with Gasteiger partial charge in [0.25, 0.3) is 0 Å². The van der Waals surface area contributed by atoms with Crippen LogP contribution in [0.25, 0.3) is 0 Å². The number of aliphatic hydroxyl groups is 4. The molecule has 1 heterocycles. The maximum absolute atomic E-state index is 12.9. The average molecular weight is 619 g/mol. The molecule has 0 aromatic carbocycles. The Labute approximate surface area is 263 Å². The molecule has 0 amide bonds. The van der Waals surface area contributed by atoms with Gasteiger partial charge < -0.3 is 35.0 Å². The van der Waals surface area contributed by atoms with Gasteiger partial charge in [0.2, 0.25) is 0 Å². The number of ether oxygens (including phenoxy) is 2. The van der Waals surface area contributed by atoms with Crippen LogP contribution in [0.5, 0.6) is 0 Å². The summed E-state index contributed by atoms with van der Waals surface area (Å²) in [5.74, 6) is -0.745. The Morgan fingerprint density at radius 3 is 2.34 bits per heavy atom. The largest absolute Gasteiger partial charge is 0.481 e. The van der Waals surface area contributed by atoms with Gasteiger partial charge in [0.05, 0.1) is 24.7 Å². The number of carboxylic acids is 1. The third-order valence-electron chi connectivity index (χ3n) is 13.9. The van der Waals surface area contributed by atoms with Gasteiger partial charge in [0, 0.05) is 0 Å². The van der Waals surface area contributed by atoms with Crippen LogP contribution in [0.2, 0.25) is 0 Å². The van der Waals surface area contributed by atoms with Crippen molar-refractivity contribution < 1.29 is 39.8 Å². The fourth-order valence-electron chi connectivity index (χ4n) is 10.6. The second-order valence-electron chi connectivity index (χ2n) is 16.5. The van der Waals surface area contributed by atoms with Crippen LogP contribution in [0.15, 0.2) is 23.3 Å². The average Bonchev–Trinajstić information content (AvgIpc) is 3.22. The number of carboxylic acid groups (broad SMARTS) is 1. The van der Waals surface area contributed by atoms with Crippen molar-refractivity contribution in [2.45, 2.75) is 143 Å². The first-order valence-electron chi connectivity index (χ1n) is 17.0. The Kier molecular flexibility index (Phi) is 9.09. The zero-order valence-electron chi connectivity index (χ0n) is 28.0. The number of hydrogen-bond donors (Lipinski definition) is 5. The fourth-order valence-corrected chi connectivity index (χ4v) is 10.6. The van der Waals surface area contributed by atoms with Gasteiger partial charge in [-0.1, -0.05) is 66.2 Å². The molecule has 250 valence electrons. The molecule has 0 aromatic rings. The molecule has 4 aliphatic carbocycles. The number of aliphatic hydroxyl groups excluding tert-OH is 4. The van der Waals surface area contributed by atoms with Crippen LogP contribution in [-0.4, -0.2) is 74.9 Å². The predicted octanol–water partition coefficient (Wildman–Crippen LogP) is 5.22. The van der Waals surface area contributed by atoms with Gasteiger partial charge in [-0.2, -0.15) is 0 Å². The van der Waals surface area contributed by atoms with Crippen molar-refractivity contribution in [2.24, 2.45) is 45.3 Å². The van der Waals surface area contributed by atoms with Crippen LogP contribution >= 0.6 is 0 Å². The predicted molar refractivity (Wildman–Crippen MR) is 167 cm³/mol. The summed E-state index contributed by atoms with van der Waals surface area (Å²) in [6.45, 7) is 19.6. The molecule has 1 saturated heterocycles. The highest BCUT2D eigenvalue weighted by Gasteiger charge is 2.66. The van der Waals surface area contributed by atoms with Crippen molar-refractivity contribution in [3.63, 3.8) is 0 Å². The Morgan fingerprint density at radius 1 is 1.02 bits per heavy atom. The molecule has 2 saturated carbocycles. The smallest absolute Gasteiger partial charge is 0.306 e. The molecule has 5 N–H and O–H groups in total. The lowest BCUT2D eigenvalue weighted by Crippen LogP contribution is -2.60. The Bertz CT molecular complexity index is 1160. The third kappa shape index (κ3) is 5.14. The topological polar surface area (TPSA) is 137 Å². The van der Waals surface area contributed by atoms with E-state index in [-0.39, 0.29) is 40.1 Å². The van der Waals surface area contributed by atoms with Gasteiger partial charge in [-0.15, -0.1) is 0 Å². The van der Waals surface area contributed by atoms with Crippen LogP contribution in [0.3, 0.4) is 0 Å². The van der Waals surface area contributed by atoms with Crippen molar-refractivity contribution >= 4 is 5.97 Å². The normalized spacial score (nSPS) is 45.8. The number of carbonyl (C=O) groups is 1. The van der Waals surface area contributed by atoms with Gasteiger partial charge in [-0.3, -0.25) is 4.79 Å². The molecule has 0 aromatic heterocycles. The first-order valence-corrected chi connectivity index (χ1v) is 17.0. The van der Waals surface area contributed by atoms with E-state index in [1.165, 1.54) is 11.1 Å². The monoisotopic (exact) mass is 618 g/mol. The van der Waals surface area contributed by atoms with E-state index < -0.39 is 48.7 Å². The molecular weight excluding hydrogens is 560 g/mol. The quantitative estimate of drug-likeness (QED) is 0.234. The molecule has 5 rings (SSSR count). The van der Waals surface area contributed by atoms with Crippen LogP contribution in [0.4, 0.5) is 0 Å². The summed E-state index contributed by atoms with van der Waals surface area (Å²) < 4.78 is 12.5. The van der Waals surface area contributed by atoms with E-state index in [0.29, 0.717) is 25.2 Å². The van der Waals surface area contributed by atoms with E-state index >= 15 is 0 Å². The fraction of sp³-hybridized carbons (Fsp3) is 0.861. The van der Waals surface area contributed by atoms with E-state index in [2.05, 4.69) is 55.0 Å². The Balaban J connectivity index is 1.57. The summed E-state index contributed by atoms with van der Waals surface area (Å²) >= 11 is 0. The van der Waals surface area contributed by atoms with Gasteiger partial charge in [0.1, 0.15) is 18.3 Å². The second-order valence-corrected chi connectivity index (χ2v) is 16.5. The lowest BCUT2D eigenvalue weighted by atomic mass is 9.42. The summed E-state index contributed by atoms with van der Waals surface area (Å²) in [5.41, 5.74) is 2.60. The molecule has 5 aliphatic rings. The summed E-state index contributed by atoms with van der Waals surface area (Å²) in [6, 6.07) is 0. The number of fused-ring (bicyclic) bond motifs is 4. The molecule has 8 nitrogen and oxygen atoms in total. The lowest BCUT2D eigenvalue weighted by Gasteiger charge is -2.63. The number of hydrogen-bond acceptors (Lipinski definition) is 7. The molecule has 44 heavy (non-hydrogen) atoms. The first-order chi connectivity index (χ1) is 20.4. The van der Waals surface area contributed by atoms with E-state index in [0.717, 1.165) is 44.1 Å². The molecule has 0 radical (unpaired) electrons. The van der Waals surface area contributed by atoms with E-state index in [4.69, 9.17) is 9.47 Å². The van der Waals surface area contributed by atoms with Crippen LogP contribution in [0, 0.1) is 45.3 Å². The molecule has 8 heteroatoms. The molecule has 0 unspecified atom stereocenters. The van der Waals surface area contributed by atoms with E-state index in [1.54, 1.807) is 0 Å². The first kappa shape index (κ1) is 34.1. The second kappa shape index (κ2) is 11.7. The molecule has 1 aliphatic heterocycles. The maximum atomic E-state index is 12.9. The summed E-state index contributed by atoms with van der Waals surface area (Å²) in [5, 5.41) is 53.2.